The summed E-state index contributed by atoms with van der Waals surface area (Å²) in [7, 11) is 1.19. The van der Waals surface area contributed by atoms with Crippen LogP contribution in [0.25, 0.3) is 0 Å². The molecular formula is C17H29NO7. The molecule has 0 unspecified atom stereocenters. The minimum atomic E-state index is -0.796. The summed E-state index contributed by atoms with van der Waals surface area (Å²) in [6.07, 6.45) is 1.96. The summed E-state index contributed by atoms with van der Waals surface area (Å²) in [6, 6.07) is 0. The van der Waals surface area contributed by atoms with Gasteiger partial charge in [-0.05, 0) is 27.7 Å². The Bertz CT molecular complexity index is 432. The van der Waals surface area contributed by atoms with Crippen molar-refractivity contribution in [3.05, 3.63) is 12.2 Å². The number of carbonyl (C=O) groups excluding carboxylic acids is 3. The topological polar surface area (TPSA) is 91.4 Å². The van der Waals surface area contributed by atoms with Crippen molar-refractivity contribution in [2.24, 2.45) is 0 Å². The second-order valence-corrected chi connectivity index (χ2v) is 5.68. The highest BCUT2D eigenvalue weighted by Gasteiger charge is 2.15. The second kappa shape index (κ2) is 13.4. The van der Waals surface area contributed by atoms with Gasteiger partial charge in [-0.15, -0.1) is 0 Å². The lowest BCUT2D eigenvalue weighted by molar-refractivity contribution is -0.149. The number of rotatable bonds is 12. The van der Waals surface area contributed by atoms with Crippen LogP contribution in [-0.4, -0.2) is 75.0 Å². The number of carbonyl (C=O) groups is 3. The Balaban J connectivity index is 4.44. The van der Waals surface area contributed by atoms with Gasteiger partial charge in [0.05, 0.1) is 32.5 Å². The molecule has 0 spiro atoms. The van der Waals surface area contributed by atoms with Gasteiger partial charge in [0.1, 0.15) is 0 Å². The maximum Gasteiger partial charge on any atom is 0.331 e. The molecule has 0 bridgehead atoms. The largest absolute Gasteiger partial charge is 0.466 e. The van der Waals surface area contributed by atoms with Crippen LogP contribution in [0, 0.1) is 0 Å². The van der Waals surface area contributed by atoms with Gasteiger partial charge in [0.2, 0.25) is 0 Å². The van der Waals surface area contributed by atoms with Gasteiger partial charge in [-0.1, -0.05) is 0 Å². The molecule has 0 saturated heterocycles. The fourth-order valence-electron chi connectivity index (χ4n) is 1.63. The minimum absolute atomic E-state index is 0.0603. The average Bonchev–Trinajstić information content (AvgIpc) is 2.55. The molecule has 0 radical (unpaired) electrons. The molecule has 25 heavy (non-hydrogen) atoms. The molecular weight excluding hydrogens is 330 g/mol. The van der Waals surface area contributed by atoms with Crippen molar-refractivity contribution in [3.8, 4) is 0 Å². The van der Waals surface area contributed by atoms with E-state index < -0.39 is 18.5 Å². The molecule has 0 heterocycles. The molecule has 0 aromatic rings. The van der Waals surface area contributed by atoms with Crippen molar-refractivity contribution in [1.82, 2.24) is 4.90 Å². The third-order valence-electron chi connectivity index (χ3n) is 2.87. The molecule has 0 aliphatic rings. The molecule has 144 valence electrons. The van der Waals surface area contributed by atoms with Crippen molar-refractivity contribution in [1.29, 1.82) is 0 Å². The molecule has 0 aliphatic heterocycles. The van der Waals surface area contributed by atoms with Gasteiger partial charge in [0.15, 0.2) is 6.61 Å². The van der Waals surface area contributed by atoms with E-state index in [4.69, 9.17) is 14.2 Å². The highest BCUT2D eigenvalue weighted by molar-refractivity contribution is 5.92. The SMILES string of the molecule is COC(=O)C=CC(=O)OCC(=O)N(CCOC(C)C)CCOC(C)C. The molecule has 0 rings (SSSR count). The van der Waals surface area contributed by atoms with E-state index in [-0.39, 0.29) is 18.1 Å². The normalized spacial score (nSPS) is 11.2. The Hall–Kier alpha value is -1.93. The van der Waals surface area contributed by atoms with Gasteiger partial charge in [0.25, 0.3) is 5.91 Å². The lowest BCUT2D eigenvalue weighted by Crippen LogP contribution is -2.39. The minimum Gasteiger partial charge on any atom is -0.466 e. The first-order valence-corrected chi connectivity index (χ1v) is 8.20. The van der Waals surface area contributed by atoms with E-state index in [9.17, 15) is 14.4 Å². The Kier molecular flexibility index (Phi) is 12.3. The van der Waals surface area contributed by atoms with Crippen LogP contribution in [0.15, 0.2) is 12.2 Å². The number of nitrogens with zero attached hydrogens (tertiary/aromatic N) is 1. The van der Waals surface area contributed by atoms with Crippen molar-refractivity contribution >= 4 is 17.8 Å². The van der Waals surface area contributed by atoms with E-state index in [2.05, 4.69) is 4.74 Å². The standard InChI is InChI=1S/C17H29NO7/c1-13(2)23-10-8-18(9-11-24-14(3)4)15(19)12-25-17(21)7-6-16(20)22-5/h6-7,13-14H,8-12H2,1-5H3. The van der Waals surface area contributed by atoms with Crippen molar-refractivity contribution in [3.63, 3.8) is 0 Å². The van der Waals surface area contributed by atoms with Gasteiger partial charge >= 0.3 is 11.9 Å². The summed E-state index contributed by atoms with van der Waals surface area (Å²) < 4.78 is 20.1. The molecule has 0 N–H and O–H groups in total. The monoisotopic (exact) mass is 359 g/mol. The van der Waals surface area contributed by atoms with Gasteiger partial charge in [0, 0.05) is 25.2 Å². The fourth-order valence-corrected chi connectivity index (χ4v) is 1.63. The summed E-state index contributed by atoms with van der Waals surface area (Å²) in [4.78, 5) is 36.1. The van der Waals surface area contributed by atoms with Gasteiger partial charge in [-0.3, -0.25) is 4.79 Å². The molecule has 0 aliphatic carbocycles. The molecule has 8 nitrogen and oxygen atoms in total. The summed E-state index contributed by atoms with van der Waals surface area (Å²) >= 11 is 0. The maximum atomic E-state index is 12.2. The van der Waals surface area contributed by atoms with Crippen LogP contribution in [0.3, 0.4) is 0 Å². The van der Waals surface area contributed by atoms with Crippen LogP contribution < -0.4 is 0 Å². The van der Waals surface area contributed by atoms with Crippen LogP contribution in [0.2, 0.25) is 0 Å². The summed E-state index contributed by atoms with van der Waals surface area (Å²) in [5, 5.41) is 0. The van der Waals surface area contributed by atoms with E-state index in [1.165, 1.54) is 12.0 Å². The highest BCUT2D eigenvalue weighted by Crippen LogP contribution is 1.97. The first-order chi connectivity index (χ1) is 11.8. The third-order valence-corrected chi connectivity index (χ3v) is 2.87. The fraction of sp³-hybridized carbons (Fsp3) is 0.706. The molecule has 1 amide bonds. The zero-order valence-electron chi connectivity index (χ0n) is 15.6. The van der Waals surface area contributed by atoms with Gasteiger partial charge < -0.3 is 23.8 Å². The van der Waals surface area contributed by atoms with Crippen LogP contribution in [-0.2, 0) is 33.3 Å². The highest BCUT2D eigenvalue weighted by atomic mass is 16.5. The second-order valence-electron chi connectivity index (χ2n) is 5.68. The predicted molar refractivity (Wildman–Crippen MR) is 90.9 cm³/mol. The zero-order chi connectivity index (χ0) is 19.2. The average molecular weight is 359 g/mol. The molecule has 0 aromatic carbocycles. The van der Waals surface area contributed by atoms with Crippen molar-refractivity contribution < 1.29 is 33.3 Å². The summed E-state index contributed by atoms with van der Waals surface area (Å²) in [5.41, 5.74) is 0. The number of hydrogen-bond acceptors (Lipinski definition) is 7. The Morgan fingerprint density at radius 2 is 1.36 bits per heavy atom. The number of hydrogen-bond donors (Lipinski definition) is 0. The van der Waals surface area contributed by atoms with E-state index >= 15 is 0 Å². The molecule has 0 aromatic heterocycles. The van der Waals surface area contributed by atoms with Crippen LogP contribution in [0.4, 0.5) is 0 Å². The van der Waals surface area contributed by atoms with E-state index in [1.54, 1.807) is 0 Å². The predicted octanol–water partition coefficient (Wildman–Crippen LogP) is 0.937. The lowest BCUT2D eigenvalue weighted by atomic mass is 10.4. The van der Waals surface area contributed by atoms with Crippen LogP contribution in [0.5, 0.6) is 0 Å². The van der Waals surface area contributed by atoms with E-state index in [1.807, 2.05) is 27.7 Å². The number of methoxy groups -OCH3 is 1. The smallest absolute Gasteiger partial charge is 0.331 e. The summed E-state index contributed by atoms with van der Waals surface area (Å²) in [6.45, 7) is 8.69. The Morgan fingerprint density at radius 3 is 1.80 bits per heavy atom. The Morgan fingerprint density at radius 1 is 0.880 bits per heavy atom. The van der Waals surface area contributed by atoms with Gasteiger partial charge in [-0.2, -0.15) is 0 Å². The number of ether oxygens (including phenoxy) is 4. The Labute approximate surface area is 149 Å². The van der Waals surface area contributed by atoms with Crippen molar-refractivity contribution in [2.75, 3.05) is 40.0 Å². The first-order valence-electron chi connectivity index (χ1n) is 8.20. The summed E-state index contributed by atoms with van der Waals surface area (Å²) in [5.74, 6) is -1.84. The number of esters is 2. The third kappa shape index (κ3) is 13.1. The first kappa shape index (κ1) is 23.1. The molecule has 8 heteroatoms. The van der Waals surface area contributed by atoms with Gasteiger partial charge in [-0.25, -0.2) is 9.59 Å². The van der Waals surface area contributed by atoms with E-state index in [0.29, 0.717) is 26.3 Å². The lowest BCUT2D eigenvalue weighted by Gasteiger charge is -2.23. The number of amides is 1. The van der Waals surface area contributed by atoms with E-state index in [0.717, 1.165) is 12.2 Å². The van der Waals surface area contributed by atoms with Crippen LogP contribution >= 0.6 is 0 Å². The quantitative estimate of drug-likeness (QED) is 0.378. The molecule has 0 fully saturated rings. The molecule has 0 saturated carbocycles. The maximum absolute atomic E-state index is 12.2. The van der Waals surface area contributed by atoms with Crippen molar-refractivity contribution in [2.45, 2.75) is 39.9 Å². The zero-order valence-corrected chi connectivity index (χ0v) is 15.6. The van der Waals surface area contributed by atoms with Crippen LogP contribution in [0.1, 0.15) is 27.7 Å². The molecule has 0 atom stereocenters.